The van der Waals surface area contributed by atoms with Gasteiger partial charge in [-0.2, -0.15) is 0 Å². The van der Waals surface area contributed by atoms with E-state index in [4.69, 9.17) is 9.47 Å². The zero-order valence-electron chi connectivity index (χ0n) is 11.8. The Morgan fingerprint density at radius 1 is 0.905 bits per heavy atom. The first-order valence-electron chi connectivity index (χ1n) is 6.10. The maximum atomic E-state index is 11.3. The summed E-state index contributed by atoms with van der Waals surface area (Å²) in [6.45, 7) is 1.73. The van der Waals surface area contributed by atoms with Crippen LogP contribution in [-0.2, 0) is 9.47 Å². The molecule has 0 aromatic heterocycles. The van der Waals surface area contributed by atoms with Gasteiger partial charge in [0.25, 0.3) is 0 Å². The summed E-state index contributed by atoms with van der Waals surface area (Å²) in [6, 6.07) is 8.66. The van der Waals surface area contributed by atoms with Crippen LogP contribution in [0.5, 0.6) is 11.5 Å². The largest absolute Gasteiger partial charge is 0.513 e. The third-order valence-electron chi connectivity index (χ3n) is 2.85. The van der Waals surface area contributed by atoms with Gasteiger partial charge in [0, 0.05) is 10.8 Å². The van der Waals surface area contributed by atoms with Gasteiger partial charge in [0.15, 0.2) is 0 Å². The number of ether oxygens (including phenoxy) is 4. The number of carbonyl (C=O) groups is 2. The van der Waals surface area contributed by atoms with Gasteiger partial charge < -0.3 is 18.9 Å². The SMILES string of the molecule is COC(=O)Oc1cc(C)c(OC(=O)OC)c2ccccc12. The van der Waals surface area contributed by atoms with E-state index >= 15 is 0 Å². The number of methoxy groups -OCH3 is 2. The molecule has 0 unspecified atom stereocenters. The molecule has 0 aliphatic carbocycles. The van der Waals surface area contributed by atoms with Crippen molar-refractivity contribution in [1.29, 1.82) is 0 Å². The van der Waals surface area contributed by atoms with Gasteiger partial charge in [-0.1, -0.05) is 24.3 Å². The lowest BCUT2D eigenvalue weighted by Gasteiger charge is -2.13. The van der Waals surface area contributed by atoms with E-state index in [2.05, 4.69) is 9.47 Å². The normalized spacial score (nSPS) is 10.0. The first-order valence-corrected chi connectivity index (χ1v) is 6.10. The average Bonchev–Trinajstić information content (AvgIpc) is 2.50. The smallest absolute Gasteiger partial charge is 0.437 e. The Labute approximate surface area is 121 Å². The summed E-state index contributed by atoms with van der Waals surface area (Å²) < 4.78 is 19.3. The van der Waals surface area contributed by atoms with Crippen LogP contribution in [0.1, 0.15) is 5.56 Å². The molecule has 0 atom stereocenters. The van der Waals surface area contributed by atoms with Crippen molar-refractivity contribution in [3.05, 3.63) is 35.9 Å². The fourth-order valence-electron chi connectivity index (χ4n) is 1.92. The Bertz CT molecular complexity index is 692. The van der Waals surface area contributed by atoms with Gasteiger partial charge in [0.1, 0.15) is 11.5 Å². The van der Waals surface area contributed by atoms with Crippen LogP contribution in [0.4, 0.5) is 9.59 Å². The summed E-state index contributed by atoms with van der Waals surface area (Å²) in [4.78, 5) is 22.6. The fourth-order valence-corrected chi connectivity index (χ4v) is 1.92. The molecule has 21 heavy (non-hydrogen) atoms. The van der Waals surface area contributed by atoms with Crippen LogP contribution in [0.25, 0.3) is 10.8 Å². The van der Waals surface area contributed by atoms with Crippen molar-refractivity contribution in [2.75, 3.05) is 14.2 Å². The van der Waals surface area contributed by atoms with Gasteiger partial charge >= 0.3 is 12.3 Å². The standard InChI is InChI=1S/C15H14O6/c1-9-8-12(20-14(16)18-2)10-6-4-5-7-11(10)13(9)21-15(17)19-3/h4-8H,1-3H3. The van der Waals surface area contributed by atoms with Crippen molar-refractivity contribution >= 4 is 23.1 Å². The molecule has 0 amide bonds. The predicted molar refractivity (Wildman–Crippen MR) is 74.8 cm³/mol. The summed E-state index contributed by atoms with van der Waals surface area (Å²) in [5.74, 6) is 0.682. The molecule has 2 rings (SSSR count). The zero-order chi connectivity index (χ0) is 15.4. The molecule has 2 aromatic rings. The third-order valence-corrected chi connectivity index (χ3v) is 2.85. The van der Waals surface area contributed by atoms with Gasteiger partial charge in [-0.25, -0.2) is 9.59 Å². The minimum atomic E-state index is -0.818. The molecule has 0 aliphatic rings. The summed E-state index contributed by atoms with van der Waals surface area (Å²) in [7, 11) is 2.46. The van der Waals surface area contributed by atoms with E-state index in [1.807, 2.05) is 0 Å². The molecule has 2 aromatic carbocycles. The lowest BCUT2D eigenvalue weighted by atomic mass is 10.0. The zero-order valence-corrected chi connectivity index (χ0v) is 11.8. The van der Waals surface area contributed by atoms with E-state index < -0.39 is 12.3 Å². The van der Waals surface area contributed by atoms with Gasteiger partial charge in [0.2, 0.25) is 0 Å². The Kier molecular flexibility index (Phi) is 4.27. The molecule has 0 aliphatic heterocycles. The second-order valence-electron chi connectivity index (χ2n) is 4.18. The van der Waals surface area contributed by atoms with Crippen LogP contribution in [0.15, 0.2) is 30.3 Å². The number of hydrogen-bond donors (Lipinski definition) is 0. The minimum absolute atomic E-state index is 0.326. The predicted octanol–water partition coefficient (Wildman–Crippen LogP) is 3.44. The maximum absolute atomic E-state index is 11.3. The highest BCUT2D eigenvalue weighted by Crippen LogP contribution is 2.36. The molecule has 0 radical (unpaired) electrons. The Balaban J connectivity index is 2.57. The third kappa shape index (κ3) is 3.05. The molecular formula is C15H14O6. The molecule has 0 saturated carbocycles. The van der Waals surface area contributed by atoms with Crippen LogP contribution >= 0.6 is 0 Å². The average molecular weight is 290 g/mol. The molecule has 0 N–H and O–H groups in total. The van der Waals surface area contributed by atoms with E-state index in [1.54, 1.807) is 37.3 Å². The second kappa shape index (κ2) is 6.13. The van der Waals surface area contributed by atoms with Crippen molar-refractivity contribution in [3.8, 4) is 11.5 Å². The van der Waals surface area contributed by atoms with Crippen LogP contribution < -0.4 is 9.47 Å². The monoisotopic (exact) mass is 290 g/mol. The molecule has 0 heterocycles. The number of rotatable bonds is 2. The summed E-state index contributed by atoms with van der Waals surface area (Å²) in [6.07, 6.45) is -1.63. The van der Waals surface area contributed by atoms with E-state index in [0.29, 0.717) is 27.8 Å². The van der Waals surface area contributed by atoms with Crippen LogP contribution in [-0.4, -0.2) is 26.5 Å². The van der Waals surface area contributed by atoms with E-state index in [1.165, 1.54) is 14.2 Å². The Hall–Kier alpha value is -2.76. The van der Waals surface area contributed by atoms with Crippen molar-refractivity contribution in [2.24, 2.45) is 0 Å². The molecule has 110 valence electrons. The molecule has 6 heteroatoms. The van der Waals surface area contributed by atoms with E-state index in [9.17, 15) is 9.59 Å². The molecular weight excluding hydrogens is 276 g/mol. The number of aryl methyl sites for hydroxylation is 1. The second-order valence-corrected chi connectivity index (χ2v) is 4.18. The fraction of sp³-hybridized carbons (Fsp3) is 0.200. The molecule has 6 nitrogen and oxygen atoms in total. The number of fused-ring (bicyclic) bond motifs is 1. The molecule has 0 bridgehead atoms. The van der Waals surface area contributed by atoms with E-state index in [0.717, 1.165) is 0 Å². The lowest BCUT2D eigenvalue weighted by Crippen LogP contribution is -2.10. The molecule has 0 spiro atoms. The van der Waals surface area contributed by atoms with Crippen molar-refractivity contribution in [3.63, 3.8) is 0 Å². The highest BCUT2D eigenvalue weighted by Gasteiger charge is 2.16. The van der Waals surface area contributed by atoms with E-state index in [-0.39, 0.29) is 0 Å². The van der Waals surface area contributed by atoms with Gasteiger partial charge in [-0.05, 0) is 18.6 Å². The van der Waals surface area contributed by atoms with Crippen LogP contribution in [0, 0.1) is 6.92 Å². The summed E-state index contributed by atoms with van der Waals surface area (Å²) in [5.41, 5.74) is 0.623. The van der Waals surface area contributed by atoms with Gasteiger partial charge in [-0.15, -0.1) is 0 Å². The summed E-state index contributed by atoms with van der Waals surface area (Å²) in [5, 5.41) is 1.24. The number of hydrogen-bond acceptors (Lipinski definition) is 6. The van der Waals surface area contributed by atoms with Crippen molar-refractivity contribution in [2.45, 2.75) is 6.92 Å². The Morgan fingerprint density at radius 2 is 1.48 bits per heavy atom. The van der Waals surface area contributed by atoms with Crippen LogP contribution in [0.2, 0.25) is 0 Å². The first-order chi connectivity index (χ1) is 10.1. The highest BCUT2D eigenvalue weighted by molar-refractivity contribution is 5.96. The molecule has 0 saturated heterocycles. The topological polar surface area (TPSA) is 71.1 Å². The highest BCUT2D eigenvalue weighted by atomic mass is 16.7. The lowest BCUT2D eigenvalue weighted by molar-refractivity contribution is 0.119. The number of carbonyl (C=O) groups excluding carboxylic acids is 2. The maximum Gasteiger partial charge on any atom is 0.513 e. The minimum Gasteiger partial charge on any atom is -0.437 e. The van der Waals surface area contributed by atoms with Crippen molar-refractivity contribution < 1.29 is 28.5 Å². The van der Waals surface area contributed by atoms with Crippen LogP contribution in [0.3, 0.4) is 0 Å². The van der Waals surface area contributed by atoms with Crippen molar-refractivity contribution in [1.82, 2.24) is 0 Å². The quantitative estimate of drug-likeness (QED) is 0.623. The van der Waals surface area contributed by atoms with Gasteiger partial charge in [0.05, 0.1) is 14.2 Å². The first kappa shape index (κ1) is 14.6. The molecule has 0 fully saturated rings. The Morgan fingerprint density at radius 3 is 2.10 bits per heavy atom. The summed E-state index contributed by atoms with van der Waals surface area (Å²) >= 11 is 0. The van der Waals surface area contributed by atoms with Gasteiger partial charge in [-0.3, -0.25) is 0 Å². The number of benzene rings is 2.